The first-order valence-electron chi connectivity index (χ1n) is 6.43. The Balaban J connectivity index is 1.96. The number of rotatable bonds is 3. The average molecular weight is 350 g/mol. The molecule has 108 valence electrons. The Kier molecular flexibility index (Phi) is 3.55. The van der Waals surface area contributed by atoms with Crippen molar-refractivity contribution in [1.29, 1.82) is 0 Å². The van der Waals surface area contributed by atoms with Crippen molar-refractivity contribution in [2.75, 3.05) is 11.4 Å². The fraction of sp³-hybridized carbons (Fsp3) is 0.200. The smallest absolute Gasteiger partial charge is 0.304 e. The summed E-state index contributed by atoms with van der Waals surface area (Å²) in [5.74, 6) is -1.25. The summed E-state index contributed by atoms with van der Waals surface area (Å²) in [6, 6.07) is 9.01. The van der Waals surface area contributed by atoms with E-state index in [-0.39, 0.29) is 18.2 Å². The van der Waals surface area contributed by atoms with E-state index in [0.29, 0.717) is 16.8 Å². The maximum atomic E-state index is 12.6. The van der Waals surface area contributed by atoms with Gasteiger partial charge in [-0.1, -0.05) is 18.2 Å². The predicted octanol–water partition coefficient (Wildman–Crippen LogP) is 3.26. The number of furan rings is 1. The van der Waals surface area contributed by atoms with Crippen molar-refractivity contribution >= 4 is 33.5 Å². The molecule has 1 aliphatic rings. The second-order valence-electron chi connectivity index (χ2n) is 4.88. The number of benzene rings is 1. The number of amides is 1. The van der Waals surface area contributed by atoms with Crippen LogP contribution in [0.2, 0.25) is 0 Å². The van der Waals surface area contributed by atoms with Crippen LogP contribution in [-0.4, -0.2) is 23.5 Å². The molecule has 1 unspecified atom stereocenters. The van der Waals surface area contributed by atoms with Crippen molar-refractivity contribution in [3.8, 4) is 0 Å². The largest absolute Gasteiger partial charge is 0.481 e. The zero-order valence-electron chi connectivity index (χ0n) is 11.0. The van der Waals surface area contributed by atoms with E-state index in [1.165, 1.54) is 6.26 Å². The molecule has 0 spiro atoms. The topological polar surface area (TPSA) is 70.8 Å². The second kappa shape index (κ2) is 5.37. The number of carbonyl (C=O) groups is 2. The van der Waals surface area contributed by atoms with Crippen LogP contribution in [-0.2, 0) is 4.79 Å². The summed E-state index contributed by atoms with van der Waals surface area (Å²) in [4.78, 5) is 25.2. The van der Waals surface area contributed by atoms with Gasteiger partial charge in [-0.15, -0.1) is 0 Å². The van der Waals surface area contributed by atoms with E-state index in [1.807, 2.05) is 24.3 Å². The molecular weight excluding hydrogens is 338 g/mol. The zero-order valence-corrected chi connectivity index (χ0v) is 12.5. The van der Waals surface area contributed by atoms with Crippen LogP contribution in [0.3, 0.4) is 0 Å². The van der Waals surface area contributed by atoms with Crippen LogP contribution in [0.25, 0.3) is 0 Å². The van der Waals surface area contributed by atoms with E-state index in [9.17, 15) is 9.59 Å². The molecule has 1 atom stereocenters. The van der Waals surface area contributed by atoms with Crippen molar-refractivity contribution < 1.29 is 19.1 Å². The highest BCUT2D eigenvalue weighted by Gasteiger charge is 2.34. The van der Waals surface area contributed by atoms with Crippen molar-refractivity contribution in [2.24, 2.45) is 0 Å². The molecule has 21 heavy (non-hydrogen) atoms. The summed E-state index contributed by atoms with van der Waals surface area (Å²) in [5.41, 5.74) is 2.09. The van der Waals surface area contributed by atoms with Gasteiger partial charge >= 0.3 is 5.97 Å². The minimum Gasteiger partial charge on any atom is -0.481 e. The van der Waals surface area contributed by atoms with Crippen molar-refractivity contribution in [3.63, 3.8) is 0 Å². The number of fused-ring (bicyclic) bond motifs is 1. The number of carboxylic acid groups (broad SMARTS) is 1. The van der Waals surface area contributed by atoms with Gasteiger partial charge in [-0.05, 0) is 33.6 Å². The highest BCUT2D eigenvalue weighted by molar-refractivity contribution is 9.10. The van der Waals surface area contributed by atoms with Crippen molar-refractivity contribution in [1.82, 2.24) is 0 Å². The van der Waals surface area contributed by atoms with Crippen molar-refractivity contribution in [3.05, 3.63) is 52.4 Å². The fourth-order valence-electron chi connectivity index (χ4n) is 2.66. The van der Waals surface area contributed by atoms with Crippen LogP contribution in [0, 0.1) is 0 Å². The molecule has 0 saturated carbocycles. The number of carboxylic acids is 1. The van der Waals surface area contributed by atoms with Gasteiger partial charge in [0.15, 0.2) is 4.67 Å². The van der Waals surface area contributed by atoms with E-state index < -0.39 is 5.97 Å². The third-order valence-electron chi connectivity index (χ3n) is 3.58. The molecule has 0 aliphatic carbocycles. The highest BCUT2D eigenvalue weighted by Crippen LogP contribution is 2.39. The summed E-state index contributed by atoms with van der Waals surface area (Å²) in [6.45, 7) is 0.363. The molecule has 0 bridgehead atoms. The zero-order chi connectivity index (χ0) is 15.0. The predicted molar refractivity (Wildman–Crippen MR) is 79.5 cm³/mol. The first-order chi connectivity index (χ1) is 10.1. The summed E-state index contributed by atoms with van der Waals surface area (Å²) < 4.78 is 5.48. The lowest BCUT2D eigenvalue weighted by Gasteiger charge is -2.17. The molecule has 0 radical (unpaired) electrons. The molecular formula is C15H12BrNO4. The number of nitrogens with zero attached hydrogens (tertiary/aromatic N) is 1. The van der Waals surface area contributed by atoms with Gasteiger partial charge in [0, 0.05) is 18.2 Å². The van der Waals surface area contributed by atoms with E-state index in [1.54, 1.807) is 11.0 Å². The molecule has 5 nitrogen and oxygen atoms in total. The first-order valence-corrected chi connectivity index (χ1v) is 7.23. The minimum absolute atomic E-state index is 0.00729. The molecule has 1 N–H and O–H groups in total. The molecule has 1 amide bonds. The number of halogens is 1. The first kappa shape index (κ1) is 13.9. The van der Waals surface area contributed by atoms with Gasteiger partial charge in [-0.2, -0.15) is 0 Å². The Morgan fingerprint density at radius 3 is 2.76 bits per heavy atom. The van der Waals surface area contributed by atoms with E-state index in [4.69, 9.17) is 9.52 Å². The van der Waals surface area contributed by atoms with E-state index in [0.717, 1.165) is 11.3 Å². The third-order valence-corrected chi connectivity index (χ3v) is 4.20. The lowest BCUT2D eigenvalue weighted by Crippen LogP contribution is -2.30. The van der Waals surface area contributed by atoms with Crippen LogP contribution in [0.5, 0.6) is 0 Å². The standard InChI is InChI=1S/C15H12BrNO4/c16-14-11(5-6-21-14)15(20)17-8-9(7-13(18)19)10-3-1-2-4-12(10)17/h1-6,9H,7-8H2,(H,18,19). The number of hydrogen-bond donors (Lipinski definition) is 1. The quantitative estimate of drug-likeness (QED) is 0.922. The van der Waals surface area contributed by atoms with Crippen LogP contribution in [0.1, 0.15) is 28.3 Å². The summed E-state index contributed by atoms with van der Waals surface area (Å²) >= 11 is 3.20. The Bertz CT molecular complexity index is 709. The Labute approximate surface area is 129 Å². The SMILES string of the molecule is O=C(O)CC1CN(C(=O)c2ccoc2Br)c2ccccc21. The van der Waals surface area contributed by atoms with Crippen LogP contribution in [0.4, 0.5) is 5.69 Å². The fourth-order valence-corrected chi connectivity index (χ4v) is 3.07. The lowest BCUT2D eigenvalue weighted by molar-refractivity contribution is -0.137. The molecule has 0 saturated heterocycles. The average Bonchev–Trinajstić information content (AvgIpc) is 3.02. The summed E-state index contributed by atoms with van der Waals surface area (Å²) in [7, 11) is 0. The molecule has 1 aliphatic heterocycles. The molecule has 2 aromatic rings. The Morgan fingerprint density at radius 1 is 1.33 bits per heavy atom. The van der Waals surface area contributed by atoms with Gasteiger partial charge < -0.3 is 14.4 Å². The highest BCUT2D eigenvalue weighted by atomic mass is 79.9. The van der Waals surface area contributed by atoms with Gasteiger partial charge in [-0.3, -0.25) is 9.59 Å². The van der Waals surface area contributed by atoms with Gasteiger partial charge in [-0.25, -0.2) is 0 Å². The molecule has 0 fully saturated rings. The van der Waals surface area contributed by atoms with Crippen LogP contribution in [0.15, 0.2) is 45.7 Å². The van der Waals surface area contributed by atoms with Crippen LogP contribution < -0.4 is 4.90 Å². The molecule has 6 heteroatoms. The number of carbonyl (C=O) groups excluding carboxylic acids is 1. The number of hydrogen-bond acceptors (Lipinski definition) is 3. The third kappa shape index (κ3) is 2.47. The molecule has 1 aromatic heterocycles. The maximum Gasteiger partial charge on any atom is 0.304 e. The second-order valence-corrected chi connectivity index (χ2v) is 5.60. The maximum absolute atomic E-state index is 12.6. The van der Waals surface area contributed by atoms with Gasteiger partial charge in [0.2, 0.25) is 0 Å². The van der Waals surface area contributed by atoms with E-state index >= 15 is 0 Å². The Hall–Kier alpha value is -2.08. The monoisotopic (exact) mass is 349 g/mol. The molecule has 2 heterocycles. The van der Waals surface area contributed by atoms with Gasteiger partial charge in [0.1, 0.15) is 0 Å². The summed E-state index contributed by atoms with van der Waals surface area (Å²) in [6.07, 6.45) is 1.45. The number of anilines is 1. The molecule has 3 rings (SSSR count). The van der Waals surface area contributed by atoms with Crippen LogP contribution >= 0.6 is 15.9 Å². The number of aliphatic carboxylic acids is 1. The minimum atomic E-state index is -0.867. The normalized spacial score (nSPS) is 16.8. The van der Waals surface area contributed by atoms with Gasteiger partial charge in [0.05, 0.1) is 18.2 Å². The Morgan fingerprint density at radius 2 is 2.10 bits per heavy atom. The van der Waals surface area contributed by atoms with Crippen molar-refractivity contribution in [2.45, 2.75) is 12.3 Å². The summed E-state index contributed by atoms with van der Waals surface area (Å²) in [5, 5.41) is 9.03. The van der Waals surface area contributed by atoms with E-state index in [2.05, 4.69) is 15.9 Å². The van der Waals surface area contributed by atoms with Gasteiger partial charge in [0.25, 0.3) is 5.91 Å². The molecule has 1 aromatic carbocycles. The number of para-hydroxylation sites is 1. The lowest BCUT2D eigenvalue weighted by atomic mass is 9.98.